The summed E-state index contributed by atoms with van der Waals surface area (Å²) in [5, 5.41) is 0. The quantitative estimate of drug-likeness (QED) is 0.602. The van der Waals surface area contributed by atoms with Crippen LogP contribution in [0.4, 0.5) is 0 Å². The molecule has 0 aliphatic rings. The maximum Gasteiger partial charge on any atom is 0.193 e. The van der Waals surface area contributed by atoms with Crippen molar-refractivity contribution in [1.82, 2.24) is 0 Å². The molecule has 2 unspecified atom stereocenters. The van der Waals surface area contributed by atoms with Crippen LogP contribution in [0.1, 0.15) is 46.0 Å². The smallest absolute Gasteiger partial charge is 0.193 e. The first-order valence-electron chi connectivity index (χ1n) is 6.45. The minimum atomic E-state index is -0.652. The highest BCUT2D eigenvalue weighted by Crippen LogP contribution is 2.26. The van der Waals surface area contributed by atoms with E-state index in [0.717, 1.165) is 32.1 Å². The standard InChI is InChI=1S/C13H29NO3/c1-6-8-12(14)9-7-10-13(16-4,17-5)11(2)15-3/h11-12H,6-10,14H2,1-5H3. The first-order chi connectivity index (χ1) is 8.06. The zero-order chi connectivity index (χ0) is 13.3. The minimum Gasteiger partial charge on any atom is -0.376 e. The molecule has 2 atom stereocenters. The van der Waals surface area contributed by atoms with Crippen molar-refractivity contribution in [2.45, 2.75) is 63.9 Å². The summed E-state index contributed by atoms with van der Waals surface area (Å²) >= 11 is 0. The van der Waals surface area contributed by atoms with Crippen molar-refractivity contribution < 1.29 is 14.2 Å². The lowest BCUT2D eigenvalue weighted by atomic mass is 9.99. The molecule has 0 spiro atoms. The molecule has 0 saturated heterocycles. The van der Waals surface area contributed by atoms with E-state index in [1.54, 1.807) is 21.3 Å². The molecule has 0 aliphatic heterocycles. The second kappa shape index (κ2) is 8.86. The highest BCUT2D eigenvalue weighted by Gasteiger charge is 2.36. The molecule has 0 aliphatic carbocycles. The Hall–Kier alpha value is -0.160. The largest absolute Gasteiger partial charge is 0.376 e. The van der Waals surface area contributed by atoms with Crippen LogP contribution in [0.25, 0.3) is 0 Å². The SMILES string of the molecule is CCCC(N)CCCC(OC)(OC)C(C)OC. The third kappa shape index (κ3) is 5.34. The molecule has 0 aromatic carbocycles. The molecule has 0 heterocycles. The highest BCUT2D eigenvalue weighted by molar-refractivity contribution is 4.77. The van der Waals surface area contributed by atoms with Gasteiger partial charge in [-0.3, -0.25) is 0 Å². The predicted octanol–water partition coefficient (Wildman–Crippen LogP) is 2.31. The second-order valence-electron chi connectivity index (χ2n) is 4.54. The average Bonchev–Trinajstić information content (AvgIpc) is 2.34. The van der Waals surface area contributed by atoms with Crippen LogP contribution in [-0.4, -0.2) is 39.3 Å². The van der Waals surface area contributed by atoms with Crippen LogP contribution in [0.5, 0.6) is 0 Å². The number of hydrogen-bond donors (Lipinski definition) is 1. The van der Waals surface area contributed by atoms with E-state index >= 15 is 0 Å². The fraction of sp³-hybridized carbons (Fsp3) is 1.00. The maximum atomic E-state index is 5.99. The molecule has 0 aromatic rings. The van der Waals surface area contributed by atoms with Crippen LogP contribution in [-0.2, 0) is 14.2 Å². The summed E-state index contributed by atoms with van der Waals surface area (Å²) in [6.07, 6.45) is 4.89. The van der Waals surface area contributed by atoms with E-state index in [9.17, 15) is 0 Å². The molecule has 0 saturated carbocycles. The van der Waals surface area contributed by atoms with Gasteiger partial charge in [0, 0.05) is 33.8 Å². The lowest BCUT2D eigenvalue weighted by molar-refractivity contribution is -0.264. The molecule has 4 nitrogen and oxygen atoms in total. The summed E-state index contributed by atoms with van der Waals surface area (Å²) in [5.41, 5.74) is 5.99. The first kappa shape index (κ1) is 16.8. The summed E-state index contributed by atoms with van der Waals surface area (Å²) in [4.78, 5) is 0. The van der Waals surface area contributed by atoms with E-state index < -0.39 is 5.79 Å². The van der Waals surface area contributed by atoms with Crippen LogP contribution in [0.3, 0.4) is 0 Å². The van der Waals surface area contributed by atoms with E-state index in [1.165, 1.54) is 0 Å². The first-order valence-corrected chi connectivity index (χ1v) is 6.45. The normalized spacial score (nSPS) is 15.9. The average molecular weight is 247 g/mol. The number of ether oxygens (including phenoxy) is 3. The molecule has 0 amide bonds. The molecular weight excluding hydrogens is 218 g/mol. The molecule has 104 valence electrons. The van der Waals surface area contributed by atoms with Crippen molar-refractivity contribution in [1.29, 1.82) is 0 Å². The summed E-state index contributed by atoms with van der Waals surface area (Å²) < 4.78 is 16.3. The molecule has 2 N–H and O–H groups in total. The van der Waals surface area contributed by atoms with Crippen molar-refractivity contribution in [2.24, 2.45) is 5.73 Å². The second-order valence-corrected chi connectivity index (χ2v) is 4.54. The zero-order valence-electron chi connectivity index (χ0n) is 12.0. The van der Waals surface area contributed by atoms with Crippen LogP contribution < -0.4 is 5.73 Å². The van der Waals surface area contributed by atoms with Crippen molar-refractivity contribution in [3.05, 3.63) is 0 Å². The van der Waals surface area contributed by atoms with Gasteiger partial charge in [0.05, 0.1) is 0 Å². The molecule has 0 radical (unpaired) electrons. The van der Waals surface area contributed by atoms with Crippen molar-refractivity contribution in [2.75, 3.05) is 21.3 Å². The van der Waals surface area contributed by atoms with Crippen LogP contribution >= 0.6 is 0 Å². The number of hydrogen-bond acceptors (Lipinski definition) is 4. The lowest BCUT2D eigenvalue weighted by Gasteiger charge is -2.35. The van der Waals surface area contributed by atoms with E-state index in [0.29, 0.717) is 0 Å². The molecular formula is C13H29NO3. The third-order valence-electron chi connectivity index (χ3n) is 3.42. The molecule has 17 heavy (non-hydrogen) atoms. The summed E-state index contributed by atoms with van der Waals surface area (Å²) in [7, 11) is 4.98. The Bertz CT molecular complexity index is 184. The van der Waals surface area contributed by atoms with Gasteiger partial charge in [-0.15, -0.1) is 0 Å². The Morgan fingerprint density at radius 1 is 1.12 bits per heavy atom. The van der Waals surface area contributed by atoms with E-state index in [4.69, 9.17) is 19.9 Å². The topological polar surface area (TPSA) is 53.7 Å². The molecule has 0 bridgehead atoms. The summed E-state index contributed by atoms with van der Waals surface area (Å²) in [5.74, 6) is -0.652. The van der Waals surface area contributed by atoms with Crippen molar-refractivity contribution in [3.63, 3.8) is 0 Å². The molecule has 0 fully saturated rings. The highest BCUT2D eigenvalue weighted by atomic mass is 16.7. The Labute approximate surface area is 106 Å². The van der Waals surface area contributed by atoms with Gasteiger partial charge < -0.3 is 19.9 Å². The lowest BCUT2D eigenvalue weighted by Crippen LogP contribution is -2.45. The number of methoxy groups -OCH3 is 3. The fourth-order valence-corrected chi connectivity index (χ4v) is 2.13. The van der Waals surface area contributed by atoms with Gasteiger partial charge in [-0.1, -0.05) is 13.3 Å². The Morgan fingerprint density at radius 2 is 1.71 bits per heavy atom. The fourth-order valence-electron chi connectivity index (χ4n) is 2.13. The van der Waals surface area contributed by atoms with Crippen LogP contribution in [0.2, 0.25) is 0 Å². The van der Waals surface area contributed by atoms with Gasteiger partial charge in [-0.05, 0) is 26.2 Å². The van der Waals surface area contributed by atoms with Gasteiger partial charge >= 0.3 is 0 Å². The van der Waals surface area contributed by atoms with Gasteiger partial charge in [0.15, 0.2) is 5.79 Å². The van der Waals surface area contributed by atoms with Crippen molar-refractivity contribution in [3.8, 4) is 0 Å². The van der Waals surface area contributed by atoms with E-state index in [-0.39, 0.29) is 12.1 Å². The van der Waals surface area contributed by atoms with Crippen LogP contribution in [0, 0.1) is 0 Å². The van der Waals surface area contributed by atoms with E-state index in [1.807, 2.05) is 6.92 Å². The van der Waals surface area contributed by atoms with Gasteiger partial charge in [-0.2, -0.15) is 0 Å². The van der Waals surface area contributed by atoms with Crippen LogP contribution in [0.15, 0.2) is 0 Å². The monoisotopic (exact) mass is 247 g/mol. The summed E-state index contributed by atoms with van der Waals surface area (Å²) in [6, 6.07) is 0.282. The Balaban J connectivity index is 4.17. The molecule has 0 aromatic heterocycles. The number of rotatable bonds is 10. The number of nitrogens with two attached hydrogens (primary N) is 1. The van der Waals surface area contributed by atoms with Gasteiger partial charge in [0.1, 0.15) is 6.10 Å². The maximum absolute atomic E-state index is 5.99. The molecule has 4 heteroatoms. The molecule has 0 rings (SSSR count). The van der Waals surface area contributed by atoms with Gasteiger partial charge in [0.2, 0.25) is 0 Å². The van der Waals surface area contributed by atoms with Crippen molar-refractivity contribution >= 4 is 0 Å². The van der Waals surface area contributed by atoms with Gasteiger partial charge in [0.25, 0.3) is 0 Å². The summed E-state index contributed by atoms with van der Waals surface area (Å²) in [6.45, 7) is 4.11. The van der Waals surface area contributed by atoms with E-state index in [2.05, 4.69) is 6.92 Å². The Morgan fingerprint density at radius 3 is 2.12 bits per heavy atom. The van der Waals surface area contributed by atoms with Gasteiger partial charge in [-0.25, -0.2) is 0 Å². The third-order valence-corrected chi connectivity index (χ3v) is 3.42. The minimum absolute atomic E-state index is 0.0973. The predicted molar refractivity (Wildman–Crippen MR) is 70.0 cm³/mol. The zero-order valence-corrected chi connectivity index (χ0v) is 12.0. The Kier molecular flexibility index (Phi) is 8.78.